The highest BCUT2D eigenvalue weighted by Gasteiger charge is 2.24. The Bertz CT molecular complexity index is 730. The summed E-state index contributed by atoms with van der Waals surface area (Å²) in [7, 11) is 1.66. The van der Waals surface area contributed by atoms with E-state index in [1.165, 1.54) is 0 Å². The molecule has 1 heterocycles. The number of nitrogens with zero attached hydrogens (tertiary/aromatic N) is 1. The maximum Gasteiger partial charge on any atom is 0.237 e. The van der Waals surface area contributed by atoms with E-state index in [0.29, 0.717) is 26.2 Å². The van der Waals surface area contributed by atoms with Crippen LogP contribution in [-0.4, -0.2) is 56.8 Å². The van der Waals surface area contributed by atoms with Crippen LogP contribution in [0, 0.1) is 0 Å². The number of rotatable bonds is 8. The molecule has 1 saturated heterocycles. The first kappa shape index (κ1) is 20.3. The van der Waals surface area contributed by atoms with Gasteiger partial charge in [-0.3, -0.25) is 9.69 Å². The monoisotopic (exact) mass is 383 g/mol. The third-order valence-corrected chi connectivity index (χ3v) is 5.09. The topological polar surface area (TPSA) is 76.8 Å². The van der Waals surface area contributed by atoms with Gasteiger partial charge in [-0.25, -0.2) is 0 Å². The number of nitrogens with one attached hydrogen (secondary N) is 1. The van der Waals surface area contributed by atoms with Gasteiger partial charge in [-0.05, 0) is 29.7 Å². The molecule has 6 nitrogen and oxygen atoms in total. The first-order valence-electron chi connectivity index (χ1n) is 9.70. The molecule has 1 amide bonds. The third-order valence-electron chi connectivity index (χ3n) is 5.09. The zero-order valence-electron chi connectivity index (χ0n) is 16.3. The number of nitrogens with two attached hydrogens (primary N) is 1. The average molecular weight is 383 g/mol. The van der Waals surface area contributed by atoms with Crippen LogP contribution >= 0.6 is 0 Å². The molecule has 3 N–H and O–H groups in total. The highest BCUT2D eigenvalue weighted by Crippen LogP contribution is 2.23. The van der Waals surface area contributed by atoms with E-state index in [9.17, 15) is 4.79 Å². The Morgan fingerprint density at radius 2 is 1.82 bits per heavy atom. The first-order chi connectivity index (χ1) is 13.7. The minimum absolute atomic E-state index is 0.0719. The van der Waals surface area contributed by atoms with E-state index in [2.05, 4.69) is 22.3 Å². The molecule has 1 aliphatic heterocycles. The van der Waals surface area contributed by atoms with Gasteiger partial charge in [-0.2, -0.15) is 0 Å². The maximum atomic E-state index is 12.6. The first-order valence-corrected chi connectivity index (χ1v) is 9.70. The third kappa shape index (κ3) is 5.55. The highest BCUT2D eigenvalue weighted by atomic mass is 16.5. The molecule has 1 fully saturated rings. The molecule has 2 atom stereocenters. The lowest BCUT2D eigenvalue weighted by molar-refractivity contribution is -0.122. The summed E-state index contributed by atoms with van der Waals surface area (Å²) in [5.74, 6) is 0.689. The van der Waals surface area contributed by atoms with E-state index in [1.807, 2.05) is 42.5 Å². The van der Waals surface area contributed by atoms with Crippen molar-refractivity contribution in [2.75, 3.05) is 40.0 Å². The number of carbonyl (C=O) groups is 1. The molecule has 0 radical (unpaired) electrons. The van der Waals surface area contributed by atoms with Crippen molar-refractivity contribution in [3.63, 3.8) is 0 Å². The van der Waals surface area contributed by atoms with Gasteiger partial charge in [0.05, 0.1) is 32.4 Å². The van der Waals surface area contributed by atoms with E-state index >= 15 is 0 Å². The molecule has 1 aliphatic rings. The van der Waals surface area contributed by atoms with Crippen molar-refractivity contribution in [3.8, 4) is 5.75 Å². The largest absolute Gasteiger partial charge is 0.497 e. The summed E-state index contributed by atoms with van der Waals surface area (Å²) >= 11 is 0. The Morgan fingerprint density at radius 3 is 2.46 bits per heavy atom. The Hall–Kier alpha value is -2.41. The summed E-state index contributed by atoms with van der Waals surface area (Å²) in [6, 6.07) is 17.3. The van der Waals surface area contributed by atoms with Crippen molar-refractivity contribution in [2.45, 2.75) is 18.5 Å². The van der Waals surface area contributed by atoms with Crippen LogP contribution in [0.1, 0.15) is 17.2 Å². The van der Waals surface area contributed by atoms with Crippen LogP contribution in [-0.2, 0) is 16.0 Å². The molecule has 0 bridgehead atoms. The quantitative estimate of drug-likeness (QED) is 0.726. The molecule has 3 rings (SSSR count). The molecular weight excluding hydrogens is 354 g/mol. The maximum absolute atomic E-state index is 12.6. The fourth-order valence-electron chi connectivity index (χ4n) is 3.46. The summed E-state index contributed by atoms with van der Waals surface area (Å²) in [4.78, 5) is 14.9. The van der Waals surface area contributed by atoms with E-state index in [1.54, 1.807) is 7.11 Å². The van der Waals surface area contributed by atoms with Gasteiger partial charge >= 0.3 is 0 Å². The number of methoxy groups -OCH3 is 1. The second-order valence-electron chi connectivity index (χ2n) is 6.98. The highest BCUT2D eigenvalue weighted by molar-refractivity contribution is 5.81. The van der Waals surface area contributed by atoms with E-state index in [-0.39, 0.29) is 11.9 Å². The van der Waals surface area contributed by atoms with Crippen LogP contribution in [0.3, 0.4) is 0 Å². The van der Waals surface area contributed by atoms with Crippen molar-refractivity contribution in [2.24, 2.45) is 5.73 Å². The molecular formula is C22H29N3O3. The fourth-order valence-corrected chi connectivity index (χ4v) is 3.46. The fraction of sp³-hybridized carbons (Fsp3) is 0.409. The van der Waals surface area contributed by atoms with Gasteiger partial charge in [-0.1, -0.05) is 42.5 Å². The molecule has 28 heavy (non-hydrogen) atoms. The SMILES string of the molecule is COc1ccc(C(CNC(=O)C(N)Cc2ccccc2)N2CCOCC2)cc1. The molecule has 150 valence electrons. The van der Waals surface area contributed by atoms with Crippen molar-refractivity contribution in [3.05, 3.63) is 65.7 Å². The summed E-state index contributed by atoms with van der Waals surface area (Å²) < 4.78 is 10.7. The van der Waals surface area contributed by atoms with Crippen LogP contribution in [0.15, 0.2) is 54.6 Å². The Kier molecular flexibility index (Phi) is 7.42. The van der Waals surface area contributed by atoms with Crippen molar-refractivity contribution in [1.82, 2.24) is 10.2 Å². The summed E-state index contributed by atoms with van der Waals surface area (Å²) in [5, 5.41) is 3.05. The second-order valence-corrected chi connectivity index (χ2v) is 6.98. The summed E-state index contributed by atoms with van der Waals surface area (Å²) in [5.41, 5.74) is 8.33. The molecule has 2 aromatic rings. The van der Waals surface area contributed by atoms with Gasteiger partial charge in [-0.15, -0.1) is 0 Å². The van der Waals surface area contributed by atoms with Crippen LogP contribution in [0.25, 0.3) is 0 Å². The minimum Gasteiger partial charge on any atom is -0.497 e. The lowest BCUT2D eigenvalue weighted by atomic mass is 10.0. The number of carbonyl (C=O) groups excluding carboxylic acids is 1. The van der Waals surface area contributed by atoms with E-state index in [0.717, 1.165) is 30.0 Å². The number of benzene rings is 2. The molecule has 2 aromatic carbocycles. The number of morpholine rings is 1. The Balaban J connectivity index is 1.63. The lowest BCUT2D eigenvalue weighted by Gasteiger charge is -2.35. The number of hydrogen-bond acceptors (Lipinski definition) is 5. The second kappa shape index (κ2) is 10.2. The van der Waals surface area contributed by atoms with Crippen LogP contribution < -0.4 is 15.8 Å². The average Bonchev–Trinajstić information content (AvgIpc) is 2.75. The van der Waals surface area contributed by atoms with E-state index in [4.69, 9.17) is 15.2 Å². The molecule has 6 heteroatoms. The molecule has 0 aromatic heterocycles. The normalized spacial score (nSPS) is 16.9. The zero-order valence-corrected chi connectivity index (χ0v) is 16.3. The van der Waals surface area contributed by atoms with Gasteiger partial charge in [0, 0.05) is 19.6 Å². The standard InChI is InChI=1S/C22H29N3O3/c1-27-19-9-7-18(8-10-19)21(25-11-13-28-14-12-25)16-24-22(26)20(23)15-17-5-3-2-4-6-17/h2-10,20-21H,11-16,23H2,1H3,(H,24,26). The van der Waals surface area contributed by atoms with E-state index < -0.39 is 6.04 Å². The number of amides is 1. The molecule has 0 spiro atoms. The molecule has 0 saturated carbocycles. The van der Waals surface area contributed by atoms with Crippen molar-refractivity contribution < 1.29 is 14.3 Å². The van der Waals surface area contributed by atoms with Gasteiger partial charge in [0.2, 0.25) is 5.91 Å². The molecule has 0 aliphatic carbocycles. The minimum atomic E-state index is -0.566. The Morgan fingerprint density at radius 1 is 1.14 bits per heavy atom. The lowest BCUT2D eigenvalue weighted by Crippen LogP contribution is -2.47. The van der Waals surface area contributed by atoms with Crippen LogP contribution in [0.2, 0.25) is 0 Å². The van der Waals surface area contributed by atoms with Crippen molar-refractivity contribution >= 4 is 5.91 Å². The predicted octanol–water partition coefficient (Wildman–Crippen LogP) is 1.75. The number of ether oxygens (including phenoxy) is 2. The smallest absolute Gasteiger partial charge is 0.237 e. The van der Waals surface area contributed by atoms with Crippen LogP contribution in [0.5, 0.6) is 5.75 Å². The number of hydrogen-bond donors (Lipinski definition) is 2. The van der Waals surface area contributed by atoms with Gasteiger partial charge < -0.3 is 20.5 Å². The van der Waals surface area contributed by atoms with Crippen LogP contribution in [0.4, 0.5) is 0 Å². The summed E-state index contributed by atoms with van der Waals surface area (Å²) in [6.45, 7) is 3.58. The zero-order chi connectivity index (χ0) is 19.8. The van der Waals surface area contributed by atoms with Gasteiger partial charge in [0.1, 0.15) is 5.75 Å². The van der Waals surface area contributed by atoms with Gasteiger partial charge in [0.15, 0.2) is 0 Å². The predicted molar refractivity (Wildman–Crippen MR) is 109 cm³/mol. The van der Waals surface area contributed by atoms with Gasteiger partial charge in [0.25, 0.3) is 0 Å². The Labute approximate surface area is 166 Å². The molecule has 2 unspecified atom stereocenters. The van der Waals surface area contributed by atoms with Crippen molar-refractivity contribution in [1.29, 1.82) is 0 Å². The summed E-state index contributed by atoms with van der Waals surface area (Å²) in [6.07, 6.45) is 0.525.